The summed E-state index contributed by atoms with van der Waals surface area (Å²) in [5.74, 6) is -1.82. The monoisotopic (exact) mass is 874 g/mol. The van der Waals surface area contributed by atoms with Crippen LogP contribution in [0.4, 0.5) is 4.79 Å². The fourth-order valence-electron chi connectivity index (χ4n) is 5.93. The number of carbonyl (C=O) groups excluding carboxylic acids is 6. The number of hydrogen-bond donors (Lipinski definition) is 1. The normalized spacial score (nSPS) is 13.1. The Morgan fingerprint density at radius 3 is 1.41 bits per heavy atom. The van der Waals surface area contributed by atoms with Crippen molar-refractivity contribution in [1.82, 2.24) is 4.90 Å². The van der Waals surface area contributed by atoms with Crippen LogP contribution in [0.1, 0.15) is 191 Å². The van der Waals surface area contributed by atoms with Crippen molar-refractivity contribution >= 4 is 36.4 Å². The lowest BCUT2D eigenvalue weighted by molar-refractivity contribution is -0.165. The highest BCUT2D eigenvalue weighted by atomic mass is 16.6. The molecule has 0 aromatic heterocycles. The van der Waals surface area contributed by atoms with Gasteiger partial charge in [-0.15, -0.1) is 0 Å². The van der Waals surface area contributed by atoms with Gasteiger partial charge in [0.15, 0.2) is 12.2 Å². The summed E-state index contributed by atoms with van der Waals surface area (Å²) in [5.41, 5.74) is -0.789. The number of aliphatic hydroxyl groups is 1. The highest BCUT2D eigenvalue weighted by Crippen LogP contribution is 2.16. The molecule has 0 rings (SSSR count). The summed E-state index contributed by atoms with van der Waals surface area (Å²) in [6.45, 7) is 18.9. The summed E-state index contributed by atoms with van der Waals surface area (Å²) >= 11 is 0. The van der Waals surface area contributed by atoms with Gasteiger partial charge in [0.2, 0.25) is 0 Å². The van der Waals surface area contributed by atoms with Gasteiger partial charge in [0, 0.05) is 25.9 Å². The summed E-state index contributed by atoms with van der Waals surface area (Å²) < 4.78 is 31.6. The second-order valence-electron chi connectivity index (χ2n) is 17.5. The molecule has 0 bridgehead atoms. The van der Waals surface area contributed by atoms with Crippen LogP contribution < -0.4 is 0 Å². The number of amides is 1. The van der Waals surface area contributed by atoms with Crippen LogP contribution in [0.3, 0.4) is 0 Å². The van der Waals surface area contributed by atoms with Crippen molar-refractivity contribution in [3.63, 3.8) is 0 Å². The molecular weight excluding hydrogens is 787 g/mol. The van der Waals surface area contributed by atoms with Gasteiger partial charge in [0.05, 0.1) is 18.4 Å². The summed E-state index contributed by atoms with van der Waals surface area (Å²) in [6.07, 6.45) is 14.3. The van der Waals surface area contributed by atoms with Gasteiger partial charge in [-0.3, -0.25) is 24.0 Å². The van der Waals surface area contributed by atoms with Crippen molar-refractivity contribution in [2.24, 2.45) is 17.8 Å². The molecule has 1 amide bonds. The molecule has 0 aliphatic heterocycles. The van der Waals surface area contributed by atoms with Crippen LogP contribution in [0.15, 0.2) is 0 Å². The minimum absolute atomic E-state index is 0.0892. The molecule has 14 heteroatoms. The number of rotatable bonds is 35. The molecule has 0 aromatic carbocycles. The molecule has 1 N–H and O–H groups in total. The van der Waals surface area contributed by atoms with Crippen molar-refractivity contribution in [3.05, 3.63) is 0 Å². The Balaban J connectivity index is 0. The van der Waals surface area contributed by atoms with Crippen LogP contribution in [0.2, 0.25) is 0 Å². The van der Waals surface area contributed by atoms with E-state index in [0.717, 1.165) is 57.3 Å². The highest BCUT2D eigenvalue weighted by molar-refractivity contribution is 5.73. The van der Waals surface area contributed by atoms with E-state index in [9.17, 15) is 33.9 Å². The summed E-state index contributed by atoms with van der Waals surface area (Å²) in [6, 6.07) is 0. The molecule has 0 radical (unpaired) electrons. The molecule has 0 aliphatic rings. The number of ether oxygens (including phenoxy) is 6. The molecule has 61 heavy (non-hydrogen) atoms. The average Bonchev–Trinajstić information content (AvgIpc) is 3.20. The number of hydrogen-bond acceptors (Lipinski definition) is 13. The topological polar surface area (TPSA) is 181 Å². The maximum Gasteiger partial charge on any atom is 0.410 e. The predicted octanol–water partition coefficient (Wildman–Crippen LogP) is 9.69. The minimum atomic E-state index is -1.01. The lowest BCUT2D eigenvalue weighted by atomic mass is 10.0. The zero-order valence-electron chi connectivity index (χ0n) is 39.9. The van der Waals surface area contributed by atoms with Crippen LogP contribution in [-0.4, -0.2) is 104 Å². The third-order valence-corrected chi connectivity index (χ3v) is 9.66. The summed E-state index contributed by atoms with van der Waals surface area (Å²) in [5, 5.41) is 9.66. The first kappa shape index (κ1) is 59.7. The van der Waals surface area contributed by atoms with Crippen molar-refractivity contribution < 1.29 is 62.3 Å². The number of esters is 4. The van der Waals surface area contributed by atoms with Gasteiger partial charge in [-0.25, -0.2) is 4.79 Å². The molecular formula is C47H87NO13. The van der Waals surface area contributed by atoms with Gasteiger partial charge in [-0.2, -0.15) is 0 Å². The van der Waals surface area contributed by atoms with Crippen molar-refractivity contribution in [2.45, 2.75) is 209 Å². The van der Waals surface area contributed by atoms with E-state index in [1.165, 1.54) is 37.0 Å². The molecule has 0 aromatic rings. The number of nitrogens with zero attached hydrogens (tertiary/aromatic N) is 1. The largest absolute Gasteiger partial charge is 0.464 e. The Hall–Kier alpha value is -3.42. The molecule has 0 aliphatic carbocycles. The third-order valence-electron chi connectivity index (χ3n) is 9.66. The minimum Gasteiger partial charge on any atom is -0.464 e. The zero-order valence-corrected chi connectivity index (χ0v) is 39.9. The van der Waals surface area contributed by atoms with Crippen LogP contribution in [0.25, 0.3) is 0 Å². The Labute approximate surface area is 369 Å². The fourth-order valence-corrected chi connectivity index (χ4v) is 5.93. The predicted molar refractivity (Wildman–Crippen MR) is 236 cm³/mol. The molecule has 358 valence electrons. The van der Waals surface area contributed by atoms with Gasteiger partial charge in [0.25, 0.3) is 6.47 Å². The Bertz CT molecular complexity index is 1160. The van der Waals surface area contributed by atoms with Crippen LogP contribution in [0, 0.1) is 17.8 Å². The number of carbonyl (C=O) groups is 6. The second-order valence-corrected chi connectivity index (χ2v) is 17.5. The third kappa shape index (κ3) is 36.9. The Morgan fingerprint density at radius 1 is 0.590 bits per heavy atom. The first-order chi connectivity index (χ1) is 28.9. The molecule has 0 heterocycles. The summed E-state index contributed by atoms with van der Waals surface area (Å²) in [4.78, 5) is 75.0. The quantitative estimate of drug-likeness (QED) is 0.0275. The van der Waals surface area contributed by atoms with Crippen LogP contribution in [0.5, 0.6) is 0 Å². The summed E-state index contributed by atoms with van der Waals surface area (Å²) in [7, 11) is 0. The van der Waals surface area contributed by atoms with E-state index in [0.29, 0.717) is 12.8 Å². The molecule has 4 atom stereocenters. The van der Waals surface area contributed by atoms with Crippen LogP contribution >= 0.6 is 0 Å². The molecule has 0 spiro atoms. The smallest absolute Gasteiger partial charge is 0.410 e. The first-order valence-electron chi connectivity index (χ1n) is 23.3. The van der Waals surface area contributed by atoms with E-state index in [1.54, 1.807) is 34.6 Å². The molecule has 0 saturated heterocycles. The number of unbranched alkanes of at least 4 members (excludes halogenated alkanes) is 9. The maximum atomic E-state index is 12.9. The first-order valence-corrected chi connectivity index (χ1v) is 23.3. The Morgan fingerprint density at radius 2 is 1.02 bits per heavy atom. The van der Waals surface area contributed by atoms with Gasteiger partial charge in [-0.1, -0.05) is 132 Å². The standard InChI is InChI=1S/C38H67NO13.C9H20/c1-8-10-12-14-18-29(3)35(44)48-26-31(24-40)50-33(42)20-16-22-39(37(46)52-38(5,6)7)23-17-21-34(43)51-32(25-47-28-41)27-49-36(45)30(4)19-15-13-11-9-2;1-4-5-6-7-8-9(2)3/h28-32,40H,8-27H2,1-7H3;9H,4-8H2,1-3H3. The zero-order chi connectivity index (χ0) is 46.5. The molecule has 14 nitrogen and oxygen atoms in total. The van der Waals surface area contributed by atoms with Gasteiger partial charge in [0.1, 0.15) is 25.4 Å². The lowest BCUT2D eigenvalue weighted by Crippen LogP contribution is -2.38. The van der Waals surface area contributed by atoms with E-state index >= 15 is 0 Å². The van der Waals surface area contributed by atoms with Crippen LogP contribution in [-0.2, 0) is 52.4 Å². The lowest BCUT2D eigenvalue weighted by Gasteiger charge is -2.27. The van der Waals surface area contributed by atoms with Crippen molar-refractivity contribution in [1.29, 1.82) is 0 Å². The van der Waals surface area contributed by atoms with E-state index < -0.39 is 54.4 Å². The van der Waals surface area contributed by atoms with E-state index in [4.69, 9.17) is 28.4 Å². The number of aliphatic hydroxyl groups excluding tert-OH is 1. The van der Waals surface area contributed by atoms with Gasteiger partial charge < -0.3 is 38.4 Å². The van der Waals surface area contributed by atoms with E-state index in [2.05, 4.69) is 34.6 Å². The fraction of sp³-hybridized carbons (Fsp3) is 0.872. The molecule has 0 saturated carbocycles. The highest BCUT2D eigenvalue weighted by Gasteiger charge is 2.25. The molecule has 4 unspecified atom stereocenters. The van der Waals surface area contributed by atoms with Gasteiger partial charge >= 0.3 is 30.0 Å². The van der Waals surface area contributed by atoms with Gasteiger partial charge in [-0.05, 0) is 52.4 Å². The van der Waals surface area contributed by atoms with Crippen molar-refractivity contribution in [2.75, 3.05) is 39.5 Å². The second kappa shape index (κ2) is 38.3. The SMILES string of the molecule is CCCCCCC(C)C.CCCCCCC(C)C(=O)OCC(CO)OC(=O)CCCN(CCCC(=O)OC(COC=O)COC(=O)C(C)CCCCCC)C(=O)OC(C)(C)C. The average molecular weight is 874 g/mol. The van der Waals surface area contributed by atoms with Crippen molar-refractivity contribution in [3.8, 4) is 0 Å². The van der Waals surface area contributed by atoms with E-state index in [1.807, 2.05) is 0 Å². The van der Waals surface area contributed by atoms with E-state index in [-0.39, 0.29) is 76.9 Å². The molecule has 0 fully saturated rings. The Kier molecular flexibility index (Phi) is 37.4. The maximum absolute atomic E-state index is 12.9.